The molecule has 2 aliphatic rings. The third-order valence-electron chi connectivity index (χ3n) is 7.18. The molecule has 2 N–H and O–H groups in total. The van der Waals surface area contributed by atoms with Crippen LogP contribution in [0.4, 0.5) is 17.6 Å². The monoisotopic (exact) mass is 553 g/mol. The van der Waals surface area contributed by atoms with E-state index in [0.29, 0.717) is 16.9 Å². The minimum atomic E-state index is -3.05. The topological polar surface area (TPSA) is 137 Å². The molecule has 5 rings (SSSR count). The van der Waals surface area contributed by atoms with Gasteiger partial charge in [-0.25, -0.2) is 22.9 Å². The number of carbonyl (C=O) groups is 2. The molecular weight excluding hydrogens is 526 g/mol. The molecule has 0 saturated heterocycles. The van der Waals surface area contributed by atoms with Crippen molar-refractivity contribution in [2.75, 3.05) is 6.61 Å². The van der Waals surface area contributed by atoms with Crippen LogP contribution in [0.15, 0.2) is 23.1 Å². The summed E-state index contributed by atoms with van der Waals surface area (Å²) in [4.78, 5) is 29.7. The molecule has 15 heteroatoms. The van der Waals surface area contributed by atoms with Crippen molar-refractivity contribution >= 4 is 17.5 Å². The van der Waals surface area contributed by atoms with Crippen LogP contribution >= 0.6 is 0 Å². The highest BCUT2D eigenvalue weighted by Crippen LogP contribution is 2.42. The Labute approximate surface area is 219 Å². The first-order valence-electron chi connectivity index (χ1n) is 12.6. The minimum Gasteiger partial charge on any atom is -0.347 e. The maximum absolute atomic E-state index is 13.9. The average Bonchev–Trinajstić information content (AvgIpc) is 3.50. The van der Waals surface area contributed by atoms with Gasteiger partial charge in [-0.05, 0) is 61.2 Å². The van der Waals surface area contributed by atoms with Gasteiger partial charge >= 0.3 is 6.61 Å². The number of fused-ring (bicyclic) bond motifs is 1. The molecule has 0 unspecified atom stereocenters. The molecule has 0 radical (unpaired) electrons. The lowest BCUT2D eigenvalue weighted by Gasteiger charge is -2.33. The number of ether oxygens (including phenoxy) is 1. The van der Waals surface area contributed by atoms with E-state index in [2.05, 4.69) is 40.4 Å². The molecule has 2 atom stereocenters. The summed E-state index contributed by atoms with van der Waals surface area (Å²) < 4.78 is 62.7. The summed E-state index contributed by atoms with van der Waals surface area (Å²) in [5.41, 5.74) is 1.74. The number of imidazole rings is 1. The van der Waals surface area contributed by atoms with E-state index >= 15 is 0 Å². The molecule has 3 aromatic heterocycles. The third kappa shape index (κ3) is 6.34. The van der Waals surface area contributed by atoms with E-state index in [1.165, 1.54) is 4.52 Å². The third-order valence-corrected chi connectivity index (χ3v) is 7.18. The summed E-state index contributed by atoms with van der Waals surface area (Å²) in [6, 6.07) is 0.545. The Kier molecular flexibility index (Phi) is 7.51. The lowest BCUT2D eigenvalue weighted by Crippen LogP contribution is -2.37. The highest BCUT2D eigenvalue weighted by Gasteiger charge is 2.40. The van der Waals surface area contributed by atoms with Gasteiger partial charge in [-0.3, -0.25) is 9.59 Å². The van der Waals surface area contributed by atoms with Crippen molar-refractivity contribution in [2.24, 2.45) is 11.8 Å². The Morgan fingerprint density at radius 2 is 1.85 bits per heavy atom. The summed E-state index contributed by atoms with van der Waals surface area (Å²) >= 11 is 0. The minimum absolute atomic E-state index is 0.0100. The molecule has 0 spiro atoms. The van der Waals surface area contributed by atoms with E-state index in [0.717, 1.165) is 12.8 Å². The number of hydrogen-bond donors (Lipinski definition) is 2. The Hall–Kier alpha value is -3.62. The number of alkyl halides is 4. The first kappa shape index (κ1) is 27.0. The molecule has 3 aromatic rings. The molecule has 2 fully saturated rings. The highest BCUT2D eigenvalue weighted by molar-refractivity contribution is 5.93. The van der Waals surface area contributed by atoms with Crippen molar-refractivity contribution in [3.05, 3.63) is 41.1 Å². The second-order valence-electron chi connectivity index (χ2n) is 10.1. The van der Waals surface area contributed by atoms with Gasteiger partial charge in [0, 0.05) is 12.8 Å². The van der Waals surface area contributed by atoms with E-state index in [-0.39, 0.29) is 48.9 Å². The molecule has 39 heavy (non-hydrogen) atoms. The fraction of sp³-hybridized carbons (Fsp3) is 0.583. The fourth-order valence-corrected chi connectivity index (χ4v) is 4.96. The van der Waals surface area contributed by atoms with Gasteiger partial charge in [0.2, 0.25) is 11.8 Å². The zero-order valence-corrected chi connectivity index (χ0v) is 20.9. The smallest absolute Gasteiger partial charge is 0.345 e. The molecule has 3 heterocycles. The molecular formula is C24H27F4N7O4. The largest absolute Gasteiger partial charge is 0.347 e. The van der Waals surface area contributed by atoms with Gasteiger partial charge in [-0.1, -0.05) is 5.16 Å². The van der Waals surface area contributed by atoms with Crippen LogP contribution in [0, 0.1) is 18.8 Å². The summed E-state index contributed by atoms with van der Waals surface area (Å²) in [7, 11) is 0. The number of hydrogen-bond acceptors (Lipinski definition) is 8. The van der Waals surface area contributed by atoms with Gasteiger partial charge in [0.05, 0.1) is 30.2 Å². The van der Waals surface area contributed by atoms with Gasteiger partial charge in [0.1, 0.15) is 12.3 Å². The Bertz CT molecular complexity index is 1330. The summed E-state index contributed by atoms with van der Waals surface area (Å²) in [5.74, 6) is -4.19. The molecule has 2 saturated carbocycles. The van der Waals surface area contributed by atoms with Crippen LogP contribution in [-0.2, 0) is 9.53 Å². The van der Waals surface area contributed by atoms with E-state index < -0.39 is 43.0 Å². The van der Waals surface area contributed by atoms with E-state index in [9.17, 15) is 27.2 Å². The number of rotatable bonds is 10. The Balaban J connectivity index is 1.40. The van der Waals surface area contributed by atoms with Crippen LogP contribution in [0.1, 0.15) is 78.0 Å². The van der Waals surface area contributed by atoms with E-state index in [1.807, 2.05) is 0 Å². The first-order chi connectivity index (χ1) is 18.6. The quantitative estimate of drug-likeness (QED) is 0.364. The molecule has 0 bridgehead atoms. The number of carbonyl (C=O) groups excluding carboxylic acids is 2. The summed E-state index contributed by atoms with van der Waals surface area (Å²) in [6.45, 7) is -2.26. The lowest BCUT2D eigenvalue weighted by atomic mass is 9.81. The van der Waals surface area contributed by atoms with Crippen molar-refractivity contribution in [2.45, 2.75) is 70.1 Å². The zero-order chi connectivity index (χ0) is 27.7. The van der Waals surface area contributed by atoms with Crippen molar-refractivity contribution in [1.29, 1.82) is 0 Å². The first-order valence-corrected chi connectivity index (χ1v) is 12.6. The maximum Gasteiger partial charge on any atom is 0.345 e. The highest BCUT2D eigenvalue weighted by atomic mass is 19.3. The van der Waals surface area contributed by atoms with Crippen molar-refractivity contribution in [3.8, 4) is 0 Å². The predicted molar refractivity (Wildman–Crippen MR) is 125 cm³/mol. The SMILES string of the molecule is Cc1nonc1C(=O)N[C@H](c1cn2ncc([C@H](NC(=O)COC(F)F)C3CC3)cc2n1)C1CCC(F)(F)CC1. The number of nitrogens with zero attached hydrogens (tertiary/aromatic N) is 5. The number of aryl methyl sites for hydroxylation is 1. The molecule has 2 aliphatic carbocycles. The average molecular weight is 554 g/mol. The van der Waals surface area contributed by atoms with Gasteiger partial charge in [0.25, 0.3) is 5.91 Å². The van der Waals surface area contributed by atoms with Gasteiger partial charge in [-0.15, -0.1) is 0 Å². The van der Waals surface area contributed by atoms with Crippen molar-refractivity contribution in [1.82, 2.24) is 35.5 Å². The molecule has 0 aromatic carbocycles. The Morgan fingerprint density at radius 1 is 1.13 bits per heavy atom. The van der Waals surface area contributed by atoms with Gasteiger partial charge in [-0.2, -0.15) is 13.9 Å². The van der Waals surface area contributed by atoms with Gasteiger partial charge < -0.3 is 15.4 Å². The lowest BCUT2D eigenvalue weighted by molar-refractivity contribution is -0.152. The van der Waals surface area contributed by atoms with E-state index in [1.54, 1.807) is 25.4 Å². The normalized spacial score (nSPS) is 19.2. The molecule has 11 nitrogen and oxygen atoms in total. The Morgan fingerprint density at radius 3 is 2.49 bits per heavy atom. The summed E-state index contributed by atoms with van der Waals surface area (Å²) in [6.07, 6.45) is 4.62. The number of nitrogens with one attached hydrogen (secondary N) is 2. The van der Waals surface area contributed by atoms with Crippen molar-refractivity contribution < 1.29 is 36.5 Å². The predicted octanol–water partition coefficient (Wildman–Crippen LogP) is 3.52. The zero-order valence-electron chi connectivity index (χ0n) is 20.9. The van der Waals surface area contributed by atoms with Crippen LogP contribution in [0.3, 0.4) is 0 Å². The molecule has 0 aliphatic heterocycles. The van der Waals surface area contributed by atoms with E-state index in [4.69, 9.17) is 0 Å². The van der Waals surface area contributed by atoms with Gasteiger partial charge in [0.15, 0.2) is 11.3 Å². The molecule has 210 valence electrons. The van der Waals surface area contributed by atoms with Crippen LogP contribution in [0.2, 0.25) is 0 Å². The van der Waals surface area contributed by atoms with Crippen LogP contribution in [0.25, 0.3) is 5.65 Å². The summed E-state index contributed by atoms with van der Waals surface area (Å²) in [5, 5.41) is 17.2. The number of amides is 2. The second kappa shape index (κ2) is 10.9. The fourth-order valence-electron chi connectivity index (χ4n) is 4.96. The molecule has 2 amide bonds. The van der Waals surface area contributed by atoms with Crippen LogP contribution in [-0.4, -0.2) is 55.9 Å². The van der Waals surface area contributed by atoms with Crippen LogP contribution < -0.4 is 10.6 Å². The van der Waals surface area contributed by atoms with Crippen LogP contribution in [0.5, 0.6) is 0 Å². The van der Waals surface area contributed by atoms with Crippen molar-refractivity contribution in [3.63, 3.8) is 0 Å². The number of aromatic nitrogens is 5. The maximum atomic E-state index is 13.9. The standard InChI is InChI=1S/C24H27F4N7O4/c1-12-19(34-39-33-12)22(37)32-21(14-4-6-24(27,28)7-5-14)16-10-35-17(30-16)8-15(9-29-35)20(13-2-3-13)31-18(36)11-38-23(25)26/h8-10,13-14,20-21,23H,2-7,11H2,1H3,(H,31,36)(H,32,37)/t20-,21+/m1/s1. The number of halogens is 4. The second-order valence-corrected chi connectivity index (χ2v) is 10.1.